The van der Waals surface area contributed by atoms with Crippen LogP contribution in [-0.2, 0) is 0 Å². The highest BCUT2D eigenvalue weighted by atomic mass is 15.2. The zero-order chi connectivity index (χ0) is 12.9. The van der Waals surface area contributed by atoms with Gasteiger partial charge in [0.05, 0.1) is 0 Å². The number of hydrogen-bond donors (Lipinski definition) is 1. The minimum absolute atomic E-state index is 0.917. The first-order valence-electron chi connectivity index (χ1n) is 8.60. The van der Waals surface area contributed by atoms with Crippen molar-refractivity contribution in [2.75, 3.05) is 45.8 Å². The fourth-order valence-corrected chi connectivity index (χ4v) is 4.40. The summed E-state index contributed by atoms with van der Waals surface area (Å²) in [5.74, 6) is 0.982. The van der Waals surface area contributed by atoms with Crippen molar-refractivity contribution in [2.45, 2.75) is 51.0 Å². The fraction of sp³-hybridized carbons (Fsp3) is 1.00. The predicted molar refractivity (Wildman–Crippen MR) is 80.5 cm³/mol. The van der Waals surface area contributed by atoms with Gasteiger partial charge in [-0.25, -0.2) is 0 Å². The van der Waals surface area contributed by atoms with Crippen LogP contribution in [0.5, 0.6) is 0 Å². The molecule has 3 saturated heterocycles. The Bertz CT molecular complexity index is 257. The Morgan fingerprint density at radius 3 is 2.42 bits per heavy atom. The number of hydrogen-bond acceptors (Lipinski definition) is 3. The Hall–Kier alpha value is -0.120. The maximum atomic E-state index is 3.51. The molecule has 3 nitrogen and oxygen atoms in total. The predicted octanol–water partition coefficient (Wildman–Crippen LogP) is 1.94. The molecular formula is C16H31N3. The maximum absolute atomic E-state index is 3.51. The summed E-state index contributed by atoms with van der Waals surface area (Å²) in [6.45, 7) is 9.29. The van der Waals surface area contributed by atoms with E-state index in [4.69, 9.17) is 0 Å². The van der Waals surface area contributed by atoms with Crippen LogP contribution in [0.25, 0.3) is 0 Å². The monoisotopic (exact) mass is 265 g/mol. The van der Waals surface area contributed by atoms with E-state index in [-0.39, 0.29) is 0 Å². The van der Waals surface area contributed by atoms with Crippen molar-refractivity contribution < 1.29 is 0 Å². The van der Waals surface area contributed by atoms with Crippen molar-refractivity contribution in [1.29, 1.82) is 0 Å². The zero-order valence-electron chi connectivity index (χ0n) is 12.4. The summed E-state index contributed by atoms with van der Waals surface area (Å²) < 4.78 is 0. The van der Waals surface area contributed by atoms with Gasteiger partial charge < -0.3 is 15.1 Å². The molecular weight excluding hydrogens is 234 g/mol. The Labute approximate surface area is 118 Å². The molecule has 0 aromatic heterocycles. The highest BCUT2D eigenvalue weighted by Crippen LogP contribution is 2.29. The Kier molecular flexibility index (Phi) is 5.14. The van der Waals surface area contributed by atoms with Crippen molar-refractivity contribution in [3.63, 3.8) is 0 Å². The van der Waals surface area contributed by atoms with E-state index < -0.39 is 0 Å². The van der Waals surface area contributed by atoms with Crippen molar-refractivity contribution in [3.8, 4) is 0 Å². The Morgan fingerprint density at radius 1 is 0.842 bits per heavy atom. The van der Waals surface area contributed by atoms with Gasteiger partial charge in [-0.1, -0.05) is 0 Å². The van der Waals surface area contributed by atoms with Crippen molar-refractivity contribution in [3.05, 3.63) is 0 Å². The van der Waals surface area contributed by atoms with Gasteiger partial charge in [-0.2, -0.15) is 0 Å². The third kappa shape index (κ3) is 3.71. The normalized spacial score (nSPS) is 31.3. The van der Waals surface area contributed by atoms with E-state index in [0.29, 0.717) is 0 Å². The van der Waals surface area contributed by atoms with Crippen LogP contribution < -0.4 is 5.32 Å². The molecule has 3 rings (SSSR count). The van der Waals surface area contributed by atoms with Gasteiger partial charge in [-0.05, 0) is 96.7 Å². The minimum Gasteiger partial charge on any atom is -0.317 e. The van der Waals surface area contributed by atoms with Gasteiger partial charge in [0.2, 0.25) is 0 Å². The number of rotatable bonds is 5. The largest absolute Gasteiger partial charge is 0.317 e. The lowest BCUT2D eigenvalue weighted by atomic mass is 9.88. The summed E-state index contributed by atoms with van der Waals surface area (Å²) in [6, 6.07) is 0.917. The molecule has 3 aliphatic rings. The zero-order valence-corrected chi connectivity index (χ0v) is 12.4. The van der Waals surface area contributed by atoms with E-state index in [9.17, 15) is 0 Å². The molecule has 0 amide bonds. The lowest BCUT2D eigenvalue weighted by molar-refractivity contribution is 0.155. The van der Waals surface area contributed by atoms with E-state index in [1.54, 1.807) is 0 Å². The molecule has 0 radical (unpaired) electrons. The van der Waals surface area contributed by atoms with Gasteiger partial charge in [0.15, 0.2) is 0 Å². The van der Waals surface area contributed by atoms with E-state index in [1.807, 2.05) is 0 Å². The molecule has 0 aromatic carbocycles. The number of nitrogens with zero attached hydrogens (tertiary/aromatic N) is 2. The molecule has 110 valence electrons. The molecule has 0 aromatic rings. The second kappa shape index (κ2) is 7.05. The summed E-state index contributed by atoms with van der Waals surface area (Å²) in [7, 11) is 0. The first kappa shape index (κ1) is 13.8. The van der Waals surface area contributed by atoms with Crippen LogP contribution in [-0.4, -0.2) is 61.7 Å². The van der Waals surface area contributed by atoms with Gasteiger partial charge in [0.1, 0.15) is 0 Å². The summed E-state index contributed by atoms with van der Waals surface area (Å²) >= 11 is 0. The first-order chi connectivity index (χ1) is 9.43. The topological polar surface area (TPSA) is 18.5 Å². The molecule has 3 heterocycles. The Balaban J connectivity index is 1.40. The second-order valence-electron chi connectivity index (χ2n) is 6.74. The van der Waals surface area contributed by atoms with Gasteiger partial charge in [0.25, 0.3) is 0 Å². The number of likely N-dealkylation sites (tertiary alicyclic amines) is 2. The highest BCUT2D eigenvalue weighted by molar-refractivity contribution is 4.87. The summed E-state index contributed by atoms with van der Waals surface area (Å²) in [5, 5.41) is 3.51. The van der Waals surface area contributed by atoms with Gasteiger partial charge in [-0.15, -0.1) is 0 Å². The molecule has 1 unspecified atom stereocenters. The number of nitrogens with one attached hydrogen (secondary N) is 1. The first-order valence-corrected chi connectivity index (χ1v) is 8.60. The minimum atomic E-state index is 0.917. The van der Waals surface area contributed by atoms with Gasteiger partial charge in [-0.3, -0.25) is 0 Å². The third-order valence-corrected chi connectivity index (χ3v) is 5.46. The van der Waals surface area contributed by atoms with Crippen molar-refractivity contribution >= 4 is 0 Å². The molecule has 19 heavy (non-hydrogen) atoms. The van der Waals surface area contributed by atoms with E-state index in [1.165, 1.54) is 90.8 Å². The quantitative estimate of drug-likeness (QED) is 0.819. The lowest BCUT2D eigenvalue weighted by Gasteiger charge is -2.34. The highest BCUT2D eigenvalue weighted by Gasteiger charge is 2.31. The molecule has 1 atom stereocenters. The molecule has 3 aliphatic heterocycles. The standard InChI is InChI=1S/C16H31N3/c1-2-11-18(10-1)12-4-14-19-13-3-5-16(19)15-6-8-17-9-7-15/h15-17H,1-14H2. The Morgan fingerprint density at radius 2 is 1.63 bits per heavy atom. The lowest BCUT2D eigenvalue weighted by Crippen LogP contribution is -2.42. The third-order valence-electron chi connectivity index (χ3n) is 5.46. The van der Waals surface area contributed by atoms with E-state index >= 15 is 0 Å². The van der Waals surface area contributed by atoms with Gasteiger partial charge >= 0.3 is 0 Å². The molecule has 0 spiro atoms. The average Bonchev–Trinajstić information content (AvgIpc) is 3.11. The fourth-order valence-electron chi connectivity index (χ4n) is 4.40. The smallest absolute Gasteiger partial charge is 0.0125 e. The SMILES string of the molecule is C1CCN(CCCN2CCCC2C2CCNCC2)C1. The van der Waals surface area contributed by atoms with Crippen LogP contribution in [0.15, 0.2) is 0 Å². The summed E-state index contributed by atoms with van der Waals surface area (Å²) in [4.78, 5) is 5.49. The van der Waals surface area contributed by atoms with E-state index in [2.05, 4.69) is 15.1 Å². The molecule has 0 bridgehead atoms. The van der Waals surface area contributed by atoms with Crippen LogP contribution >= 0.6 is 0 Å². The van der Waals surface area contributed by atoms with Crippen molar-refractivity contribution in [2.24, 2.45) is 5.92 Å². The van der Waals surface area contributed by atoms with Crippen LogP contribution in [0.3, 0.4) is 0 Å². The summed E-state index contributed by atoms with van der Waals surface area (Å²) in [5.41, 5.74) is 0. The summed E-state index contributed by atoms with van der Waals surface area (Å²) in [6.07, 6.45) is 9.98. The molecule has 0 aliphatic carbocycles. The molecule has 3 heteroatoms. The number of piperidine rings is 1. The molecule has 3 fully saturated rings. The second-order valence-corrected chi connectivity index (χ2v) is 6.74. The molecule has 0 saturated carbocycles. The van der Waals surface area contributed by atoms with Crippen LogP contribution in [0.1, 0.15) is 44.9 Å². The van der Waals surface area contributed by atoms with Gasteiger partial charge in [0, 0.05) is 6.04 Å². The van der Waals surface area contributed by atoms with Crippen LogP contribution in [0.4, 0.5) is 0 Å². The van der Waals surface area contributed by atoms with Crippen LogP contribution in [0, 0.1) is 5.92 Å². The van der Waals surface area contributed by atoms with Crippen LogP contribution in [0.2, 0.25) is 0 Å². The maximum Gasteiger partial charge on any atom is 0.0125 e. The molecule has 1 N–H and O–H groups in total. The van der Waals surface area contributed by atoms with E-state index in [0.717, 1.165) is 12.0 Å². The average molecular weight is 265 g/mol. The van der Waals surface area contributed by atoms with Crippen molar-refractivity contribution in [1.82, 2.24) is 15.1 Å².